The van der Waals surface area contributed by atoms with Gasteiger partial charge in [0.05, 0.1) is 35.0 Å². The summed E-state index contributed by atoms with van der Waals surface area (Å²) in [5.74, 6) is 0.614. The molecule has 38 heavy (non-hydrogen) atoms. The summed E-state index contributed by atoms with van der Waals surface area (Å²) in [6.07, 6.45) is -0.180. The zero-order valence-corrected chi connectivity index (χ0v) is 22.4. The minimum atomic E-state index is -0.551. The van der Waals surface area contributed by atoms with E-state index in [1.54, 1.807) is 35.2 Å². The van der Waals surface area contributed by atoms with Crippen molar-refractivity contribution in [2.24, 2.45) is 4.99 Å². The molecule has 194 valence electrons. The Bertz CT molecular complexity index is 1420. The Labute approximate surface area is 229 Å². The Morgan fingerprint density at radius 1 is 1.24 bits per heavy atom. The van der Waals surface area contributed by atoms with Crippen LogP contribution in [-0.2, 0) is 4.79 Å². The van der Waals surface area contributed by atoms with Gasteiger partial charge in [-0.1, -0.05) is 23.7 Å². The lowest BCUT2D eigenvalue weighted by Crippen LogP contribution is -2.55. The van der Waals surface area contributed by atoms with Crippen LogP contribution in [0.4, 0.5) is 4.79 Å². The largest absolute Gasteiger partial charge is 0.490 e. The zero-order valence-electron chi connectivity index (χ0n) is 20.8. The lowest BCUT2D eigenvalue weighted by Gasteiger charge is -2.35. The molecule has 5 rings (SSSR count). The van der Waals surface area contributed by atoms with Crippen LogP contribution in [0.3, 0.4) is 0 Å². The van der Waals surface area contributed by atoms with Crippen LogP contribution in [-0.4, -0.2) is 57.7 Å². The number of nitrogens with zero attached hydrogens (tertiary/aromatic N) is 5. The van der Waals surface area contributed by atoms with E-state index in [4.69, 9.17) is 21.3 Å². The van der Waals surface area contributed by atoms with Crippen LogP contribution < -0.4 is 10.1 Å². The van der Waals surface area contributed by atoms with Crippen molar-refractivity contribution in [3.05, 3.63) is 81.3 Å². The monoisotopic (exact) mass is 548 g/mol. The summed E-state index contributed by atoms with van der Waals surface area (Å²) in [4.78, 5) is 34.6. The van der Waals surface area contributed by atoms with Crippen molar-refractivity contribution in [3.63, 3.8) is 0 Å². The van der Waals surface area contributed by atoms with E-state index in [-0.39, 0.29) is 24.6 Å². The number of carbonyl (C=O) groups excluding carboxylic acids is 2. The van der Waals surface area contributed by atoms with Crippen molar-refractivity contribution in [3.8, 4) is 11.8 Å². The number of halogens is 1. The molecule has 0 radical (unpaired) electrons. The molecule has 1 fully saturated rings. The fraction of sp³-hybridized carbons (Fsp3) is 0.296. The molecule has 2 aliphatic heterocycles. The summed E-state index contributed by atoms with van der Waals surface area (Å²) in [7, 11) is 0. The maximum atomic E-state index is 14.2. The molecule has 0 saturated carbocycles. The fourth-order valence-corrected chi connectivity index (χ4v) is 5.30. The number of ether oxygens (including phenoxy) is 1. The summed E-state index contributed by atoms with van der Waals surface area (Å²) in [5, 5.41) is 14.7. The molecule has 2 unspecified atom stereocenters. The molecule has 0 spiro atoms. The van der Waals surface area contributed by atoms with E-state index in [0.29, 0.717) is 40.8 Å². The molecule has 1 N–H and O–H groups in total. The number of nitrogens with one attached hydrogen (secondary N) is 1. The highest BCUT2D eigenvalue weighted by atomic mass is 35.5. The predicted molar refractivity (Wildman–Crippen MR) is 144 cm³/mol. The topological polar surface area (TPSA) is 111 Å². The number of piperazine rings is 1. The molecule has 9 nitrogen and oxygen atoms in total. The molecule has 3 heterocycles. The Hall–Kier alpha value is -3.94. The lowest BCUT2D eigenvalue weighted by molar-refractivity contribution is -0.123. The molecule has 1 saturated heterocycles. The highest BCUT2D eigenvalue weighted by Crippen LogP contribution is 2.45. The van der Waals surface area contributed by atoms with Crippen LogP contribution in [0.15, 0.2) is 58.9 Å². The summed E-state index contributed by atoms with van der Waals surface area (Å²) >= 11 is 7.51. The SMILES string of the molecule is CC(C)Oc1cc(C#N)ccc1C1=NC(c2ccsn2)C(c2ccc(Cl)cc2)N1C(=O)N1CCNC(=O)C1. The highest BCUT2D eigenvalue weighted by molar-refractivity contribution is 7.03. The second-order valence-corrected chi connectivity index (χ2v) is 10.3. The van der Waals surface area contributed by atoms with Crippen LogP contribution in [0.1, 0.15) is 48.3 Å². The van der Waals surface area contributed by atoms with Gasteiger partial charge in [-0.25, -0.2) is 4.79 Å². The molecular weight excluding hydrogens is 524 g/mol. The number of urea groups is 1. The van der Waals surface area contributed by atoms with Gasteiger partial charge in [-0.05, 0) is 67.3 Å². The molecule has 0 aliphatic carbocycles. The van der Waals surface area contributed by atoms with Crippen LogP contribution in [0.2, 0.25) is 5.02 Å². The van der Waals surface area contributed by atoms with Crippen molar-refractivity contribution in [1.82, 2.24) is 19.5 Å². The normalized spacial score (nSPS) is 19.2. The second kappa shape index (κ2) is 10.8. The van der Waals surface area contributed by atoms with Crippen molar-refractivity contribution in [2.75, 3.05) is 19.6 Å². The first-order chi connectivity index (χ1) is 18.4. The molecule has 3 aromatic rings. The Morgan fingerprint density at radius 3 is 2.68 bits per heavy atom. The van der Waals surface area contributed by atoms with E-state index in [0.717, 1.165) is 11.3 Å². The van der Waals surface area contributed by atoms with Gasteiger partial charge >= 0.3 is 6.03 Å². The highest BCUT2D eigenvalue weighted by Gasteiger charge is 2.45. The van der Waals surface area contributed by atoms with Gasteiger partial charge < -0.3 is 15.0 Å². The summed E-state index contributed by atoms with van der Waals surface area (Å²) in [6, 6.07) is 15.0. The van der Waals surface area contributed by atoms with E-state index in [1.807, 2.05) is 37.4 Å². The van der Waals surface area contributed by atoms with Gasteiger partial charge in [0, 0.05) is 23.5 Å². The number of amidine groups is 1. The number of nitriles is 1. The Balaban J connectivity index is 1.69. The van der Waals surface area contributed by atoms with E-state index in [2.05, 4.69) is 15.8 Å². The molecule has 2 aromatic carbocycles. The molecule has 0 bridgehead atoms. The van der Waals surface area contributed by atoms with Crippen LogP contribution in [0.25, 0.3) is 0 Å². The zero-order chi connectivity index (χ0) is 26.8. The van der Waals surface area contributed by atoms with Gasteiger partial charge in [0.1, 0.15) is 24.2 Å². The van der Waals surface area contributed by atoms with Gasteiger partial charge in [0.15, 0.2) is 0 Å². The van der Waals surface area contributed by atoms with Crippen molar-refractivity contribution < 1.29 is 14.3 Å². The number of hydrogen-bond donors (Lipinski definition) is 1. The smallest absolute Gasteiger partial charge is 0.326 e. The quantitative estimate of drug-likeness (QED) is 0.503. The number of benzene rings is 2. The third-order valence-electron chi connectivity index (χ3n) is 6.27. The molecule has 1 aromatic heterocycles. The Morgan fingerprint density at radius 2 is 2.03 bits per heavy atom. The van der Waals surface area contributed by atoms with Gasteiger partial charge in [-0.2, -0.15) is 9.64 Å². The molecule has 2 aliphatic rings. The molecule has 11 heteroatoms. The third-order valence-corrected chi connectivity index (χ3v) is 7.09. The van der Waals surface area contributed by atoms with Crippen molar-refractivity contribution in [2.45, 2.75) is 32.0 Å². The maximum absolute atomic E-state index is 14.2. The summed E-state index contributed by atoms with van der Waals surface area (Å²) in [5.41, 5.74) is 2.54. The summed E-state index contributed by atoms with van der Waals surface area (Å²) < 4.78 is 10.6. The number of rotatable bonds is 5. The summed E-state index contributed by atoms with van der Waals surface area (Å²) in [6.45, 7) is 4.46. The number of hydrogen-bond acceptors (Lipinski definition) is 7. The standard InChI is InChI=1S/C27H25ClN6O3S/c1-16(2)37-22-13-17(14-29)3-8-20(22)26-31-24(21-9-12-38-32-21)25(18-4-6-19(28)7-5-18)34(26)27(36)33-11-10-30-23(35)15-33/h3-9,12-13,16,24-25H,10-11,15H2,1-2H3,(H,30,35). The molecule has 2 atom stereocenters. The van der Waals surface area contributed by atoms with Crippen LogP contribution in [0, 0.1) is 11.3 Å². The number of aliphatic imine (C=N–C) groups is 1. The number of amides is 3. The number of carbonyl (C=O) groups is 2. The van der Waals surface area contributed by atoms with Gasteiger partial charge in [-0.15, -0.1) is 0 Å². The van der Waals surface area contributed by atoms with Crippen molar-refractivity contribution >= 4 is 40.9 Å². The van der Waals surface area contributed by atoms with E-state index < -0.39 is 12.1 Å². The van der Waals surface area contributed by atoms with Gasteiger partial charge in [0.25, 0.3) is 0 Å². The number of aromatic nitrogens is 1. The van der Waals surface area contributed by atoms with E-state index in [9.17, 15) is 14.9 Å². The van der Waals surface area contributed by atoms with Gasteiger partial charge in [-0.3, -0.25) is 14.7 Å². The maximum Gasteiger partial charge on any atom is 0.326 e. The van der Waals surface area contributed by atoms with E-state index >= 15 is 0 Å². The molecular formula is C27H25ClN6O3S. The lowest BCUT2D eigenvalue weighted by atomic mass is 9.97. The Kier molecular flexibility index (Phi) is 7.31. The minimum Gasteiger partial charge on any atom is -0.490 e. The average Bonchev–Trinajstić information content (AvgIpc) is 3.57. The molecule has 3 amide bonds. The third kappa shape index (κ3) is 5.08. The first kappa shape index (κ1) is 25.7. The first-order valence-electron chi connectivity index (χ1n) is 12.1. The predicted octanol–water partition coefficient (Wildman–Crippen LogP) is 4.55. The van der Waals surface area contributed by atoms with Crippen LogP contribution >= 0.6 is 23.1 Å². The van der Waals surface area contributed by atoms with Crippen molar-refractivity contribution in [1.29, 1.82) is 5.26 Å². The average molecular weight is 549 g/mol. The van der Waals surface area contributed by atoms with Crippen LogP contribution in [0.5, 0.6) is 5.75 Å². The van der Waals surface area contributed by atoms with E-state index in [1.165, 1.54) is 16.4 Å². The second-order valence-electron chi connectivity index (χ2n) is 9.23. The minimum absolute atomic E-state index is 0.0555. The fourth-order valence-electron chi connectivity index (χ4n) is 4.62. The van der Waals surface area contributed by atoms with Gasteiger partial charge in [0.2, 0.25) is 5.91 Å². The first-order valence-corrected chi connectivity index (χ1v) is 13.4.